The summed E-state index contributed by atoms with van der Waals surface area (Å²) in [5.41, 5.74) is -3.80. The number of nitrogens with one attached hydrogen (secondary N) is 1. The quantitative estimate of drug-likeness (QED) is 0.841. The van der Waals surface area contributed by atoms with Crippen LogP contribution in [0.15, 0.2) is 42.5 Å². The summed E-state index contributed by atoms with van der Waals surface area (Å²) in [5, 5.41) is 13.4. The van der Waals surface area contributed by atoms with E-state index in [1.54, 1.807) is 0 Å². The van der Waals surface area contributed by atoms with E-state index in [1.807, 2.05) is 0 Å². The number of carbonyl (C=O) groups is 1. The van der Waals surface area contributed by atoms with Crippen molar-refractivity contribution in [2.24, 2.45) is 0 Å². The Bertz CT molecular complexity index is 776. The van der Waals surface area contributed by atoms with E-state index >= 15 is 0 Å². The predicted molar refractivity (Wildman–Crippen MR) is 74.5 cm³/mol. The van der Waals surface area contributed by atoms with E-state index < -0.39 is 28.8 Å². The standard InChI is InChI=1S/C15H9ClF3NO2/c16-8-5-6-12-11(7-8)14(22,13(21)20-12)9-3-1-2-4-10(9)15(17,18)19/h1-7,22H,(H,20,21). The number of aliphatic hydroxyl groups is 1. The van der Waals surface area contributed by atoms with Crippen LogP contribution >= 0.6 is 11.6 Å². The Morgan fingerprint density at radius 1 is 1.09 bits per heavy atom. The maximum Gasteiger partial charge on any atom is 0.416 e. The zero-order valence-corrected chi connectivity index (χ0v) is 11.7. The maximum absolute atomic E-state index is 13.2. The van der Waals surface area contributed by atoms with Crippen molar-refractivity contribution < 1.29 is 23.1 Å². The van der Waals surface area contributed by atoms with Gasteiger partial charge in [-0.2, -0.15) is 13.2 Å². The number of benzene rings is 2. The van der Waals surface area contributed by atoms with Gasteiger partial charge in [0.1, 0.15) is 0 Å². The number of anilines is 1. The van der Waals surface area contributed by atoms with Gasteiger partial charge in [-0.15, -0.1) is 0 Å². The SMILES string of the molecule is O=C1Nc2ccc(Cl)cc2C1(O)c1ccccc1C(F)(F)F. The van der Waals surface area contributed by atoms with E-state index in [9.17, 15) is 23.1 Å². The van der Waals surface area contributed by atoms with E-state index in [-0.39, 0.29) is 16.3 Å². The van der Waals surface area contributed by atoms with Crippen LogP contribution in [0.4, 0.5) is 18.9 Å². The van der Waals surface area contributed by atoms with Gasteiger partial charge in [0.05, 0.1) is 5.56 Å². The molecule has 0 aromatic heterocycles. The minimum Gasteiger partial charge on any atom is -0.372 e. The average molecular weight is 328 g/mol. The second-order valence-electron chi connectivity index (χ2n) is 4.90. The van der Waals surface area contributed by atoms with Gasteiger partial charge in [-0.1, -0.05) is 29.8 Å². The monoisotopic (exact) mass is 327 g/mol. The van der Waals surface area contributed by atoms with E-state index in [4.69, 9.17) is 11.6 Å². The highest BCUT2D eigenvalue weighted by Gasteiger charge is 2.51. The second kappa shape index (κ2) is 4.72. The molecule has 1 unspecified atom stereocenters. The van der Waals surface area contributed by atoms with Crippen LogP contribution in [0.3, 0.4) is 0 Å². The molecule has 2 aromatic rings. The van der Waals surface area contributed by atoms with Crippen molar-refractivity contribution in [3.05, 3.63) is 64.2 Å². The largest absolute Gasteiger partial charge is 0.416 e. The molecule has 2 aromatic carbocycles. The topological polar surface area (TPSA) is 49.3 Å². The van der Waals surface area contributed by atoms with Crippen LogP contribution < -0.4 is 5.32 Å². The van der Waals surface area contributed by atoms with Gasteiger partial charge in [-0.05, 0) is 24.3 Å². The van der Waals surface area contributed by atoms with Gasteiger partial charge in [-0.25, -0.2) is 0 Å². The molecule has 0 fully saturated rings. The average Bonchev–Trinajstić information content (AvgIpc) is 2.71. The molecule has 1 aliphatic rings. The zero-order chi connectivity index (χ0) is 16.1. The lowest BCUT2D eigenvalue weighted by Gasteiger charge is -2.25. The lowest BCUT2D eigenvalue weighted by Crippen LogP contribution is -2.37. The number of alkyl halides is 3. The van der Waals surface area contributed by atoms with Crippen molar-refractivity contribution in [1.82, 2.24) is 0 Å². The zero-order valence-electron chi connectivity index (χ0n) is 10.9. The molecule has 1 atom stereocenters. The van der Waals surface area contributed by atoms with E-state index in [2.05, 4.69) is 5.32 Å². The summed E-state index contributed by atoms with van der Waals surface area (Å²) in [6.07, 6.45) is -4.70. The fourth-order valence-electron chi connectivity index (χ4n) is 2.57. The summed E-state index contributed by atoms with van der Waals surface area (Å²) < 4.78 is 39.6. The Morgan fingerprint density at radius 2 is 1.77 bits per heavy atom. The molecule has 22 heavy (non-hydrogen) atoms. The highest BCUT2D eigenvalue weighted by molar-refractivity contribution is 6.31. The highest BCUT2D eigenvalue weighted by atomic mass is 35.5. The van der Waals surface area contributed by atoms with Crippen molar-refractivity contribution in [2.75, 3.05) is 5.32 Å². The number of hydrogen-bond donors (Lipinski definition) is 2. The number of amides is 1. The first-order chi connectivity index (χ1) is 10.2. The van der Waals surface area contributed by atoms with Crippen molar-refractivity contribution in [2.45, 2.75) is 11.8 Å². The summed E-state index contributed by atoms with van der Waals surface area (Å²) in [6.45, 7) is 0. The molecule has 0 bridgehead atoms. The molecule has 0 aliphatic carbocycles. The summed E-state index contributed by atoms with van der Waals surface area (Å²) in [4.78, 5) is 12.2. The Morgan fingerprint density at radius 3 is 2.45 bits per heavy atom. The minimum absolute atomic E-state index is 0.00157. The van der Waals surface area contributed by atoms with Crippen molar-refractivity contribution in [3.63, 3.8) is 0 Å². The third-order valence-electron chi connectivity index (χ3n) is 3.57. The number of hydrogen-bond acceptors (Lipinski definition) is 2. The summed E-state index contributed by atoms with van der Waals surface area (Å²) in [5.74, 6) is -0.943. The molecule has 0 saturated heterocycles. The first kappa shape index (κ1) is 14.9. The van der Waals surface area contributed by atoms with Gasteiger partial charge in [0, 0.05) is 21.8 Å². The van der Waals surface area contributed by atoms with Crippen molar-refractivity contribution in [3.8, 4) is 0 Å². The van der Waals surface area contributed by atoms with Crippen LogP contribution in [0.1, 0.15) is 16.7 Å². The first-order valence-corrected chi connectivity index (χ1v) is 6.63. The highest BCUT2D eigenvalue weighted by Crippen LogP contribution is 2.46. The van der Waals surface area contributed by atoms with Gasteiger partial charge in [-0.3, -0.25) is 4.79 Å². The number of carbonyl (C=O) groups excluding carboxylic acids is 1. The molecule has 0 radical (unpaired) electrons. The first-order valence-electron chi connectivity index (χ1n) is 6.25. The van der Waals surface area contributed by atoms with Crippen LogP contribution in [-0.4, -0.2) is 11.0 Å². The number of halogens is 4. The molecule has 114 valence electrons. The van der Waals surface area contributed by atoms with Gasteiger partial charge in [0.25, 0.3) is 5.91 Å². The van der Waals surface area contributed by atoms with Crippen LogP contribution in [0, 0.1) is 0 Å². The van der Waals surface area contributed by atoms with E-state index in [0.717, 1.165) is 12.1 Å². The molecule has 2 N–H and O–H groups in total. The predicted octanol–water partition coefficient (Wildman–Crippen LogP) is 3.55. The molecule has 0 saturated carbocycles. The normalized spacial score (nSPS) is 20.7. The van der Waals surface area contributed by atoms with Gasteiger partial charge in [0.2, 0.25) is 0 Å². The van der Waals surface area contributed by atoms with Gasteiger partial charge < -0.3 is 10.4 Å². The van der Waals surface area contributed by atoms with E-state index in [0.29, 0.717) is 0 Å². The lowest BCUT2D eigenvalue weighted by molar-refractivity contribution is -0.142. The second-order valence-corrected chi connectivity index (χ2v) is 5.33. The maximum atomic E-state index is 13.2. The molecule has 3 rings (SSSR count). The minimum atomic E-state index is -4.70. The van der Waals surface area contributed by atoms with Crippen molar-refractivity contribution in [1.29, 1.82) is 0 Å². The smallest absolute Gasteiger partial charge is 0.372 e. The Labute approximate surface area is 128 Å². The number of fused-ring (bicyclic) bond motifs is 1. The Hall–Kier alpha value is -2.05. The van der Waals surface area contributed by atoms with Crippen LogP contribution in [0.5, 0.6) is 0 Å². The molecule has 1 heterocycles. The van der Waals surface area contributed by atoms with Crippen LogP contribution in [0.2, 0.25) is 5.02 Å². The molecule has 0 spiro atoms. The molecule has 1 aliphatic heterocycles. The van der Waals surface area contributed by atoms with Gasteiger partial charge in [0.15, 0.2) is 5.60 Å². The Balaban J connectivity index is 2.29. The molecular weight excluding hydrogens is 319 g/mol. The molecule has 3 nitrogen and oxygen atoms in total. The third-order valence-corrected chi connectivity index (χ3v) is 3.81. The summed E-state index contributed by atoms with van der Waals surface area (Å²) in [7, 11) is 0. The van der Waals surface area contributed by atoms with Gasteiger partial charge >= 0.3 is 6.18 Å². The molecule has 7 heteroatoms. The molecular formula is C15H9ClF3NO2. The lowest BCUT2D eigenvalue weighted by atomic mass is 9.84. The Kier molecular flexibility index (Phi) is 3.19. The fraction of sp³-hybridized carbons (Fsp3) is 0.133. The summed E-state index contributed by atoms with van der Waals surface area (Å²) >= 11 is 5.84. The van der Waals surface area contributed by atoms with Crippen LogP contribution in [-0.2, 0) is 16.6 Å². The summed E-state index contributed by atoms with van der Waals surface area (Å²) in [6, 6.07) is 8.62. The third kappa shape index (κ3) is 2.07. The van der Waals surface area contributed by atoms with Crippen molar-refractivity contribution >= 4 is 23.2 Å². The van der Waals surface area contributed by atoms with Crippen LogP contribution in [0.25, 0.3) is 0 Å². The number of rotatable bonds is 1. The fourth-order valence-corrected chi connectivity index (χ4v) is 2.75. The van der Waals surface area contributed by atoms with E-state index in [1.165, 1.54) is 30.3 Å². The molecule has 1 amide bonds.